The zero-order chi connectivity index (χ0) is 15.6. The second-order valence-electron chi connectivity index (χ2n) is 4.42. The summed E-state index contributed by atoms with van der Waals surface area (Å²) in [6.45, 7) is 0. The molecule has 4 N–H and O–H groups in total. The van der Waals surface area contributed by atoms with Gasteiger partial charge < -0.3 is 16.2 Å². The number of hydrogen-bond donors (Lipinski definition) is 3. The summed E-state index contributed by atoms with van der Waals surface area (Å²) in [5.74, 6) is -1.80. The number of aryl methyl sites for hydroxylation is 1. The lowest BCUT2D eigenvalue weighted by molar-refractivity contribution is -0.138. The number of anilines is 1. The Morgan fingerprint density at radius 3 is 2.71 bits per heavy atom. The first kappa shape index (κ1) is 14.9. The van der Waals surface area contributed by atoms with Crippen molar-refractivity contribution in [3.63, 3.8) is 0 Å². The predicted molar refractivity (Wildman–Crippen MR) is 77.2 cm³/mol. The van der Waals surface area contributed by atoms with E-state index in [-0.39, 0.29) is 5.56 Å². The molecule has 8 heteroatoms. The van der Waals surface area contributed by atoms with Crippen LogP contribution in [0.25, 0.3) is 0 Å². The number of aromatic nitrogens is 2. The highest BCUT2D eigenvalue weighted by Gasteiger charge is 2.23. The van der Waals surface area contributed by atoms with Gasteiger partial charge in [0, 0.05) is 29.5 Å². The summed E-state index contributed by atoms with van der Waals surface area (Å²) >= 11 is 5.82. The van der Waals surface area contributed by atoms with Crippen molar-refractivity contribution in [2.45, 2.75) is 6.04 Å². The van der Waals surface area contributed by atoms with Crippen molar-refractivity contribution in [1.82, 2.24) is 9.78 Å². The van der Waals surface area contributed by atoms with Gasteiger partial charge in [-0.05, 0) is 18.2 Å². The largest absolute Gasteiger partial charge is 0.479 e. The van der Waals surface area contributed by atoms with Gasteiger partial charge in [-0.2, -0.15) is 5.10 Å². The fourth-order valence-electron chi connectivity index (χ4n) is 1.88. The number of rotatable bonds is 5. The zero-order valence-electron chi connectivity index (χ0n) is 11.1. The van der Waals surface area contributed by atoms with Crippen molar-refractivity contribution in [3.8, 4) is 0 Å². The third kappa shape index (κ3) is 3.32. The molecule has 0 bridgehead atoms. The summed E-state index contributed by atoms with van der Waals surface area (Å²) in [6, 6.07) is 3.37. The molecule has 1 aromatic carbocycles. The van der Waals surface area contributed by atoms with Crippen LogP contribution in [0.1, 0.15) is 22.0 Å². The second kappa shape index (κ2) is 5.84. The maximum Gasteiger partial charge on any atom is 0.330 e. The number of primary amides is 1. The number of carbonyl (C=O) groups excluding carboxylic acids is 1. The number of carboxylic acid groups (broad SMARTS) is 1. The fraction of sp³-hybridized carbons (Fsp3) is 0.154. The molecule has 0 fully saturated rings. The van der Waals surface area contributed by atoms with Gasteiger partial charge in [-0.25, -0.2) is 4.79 Å². The number of carbonyl (C=O) groups is 2. The molecule has 0 aliphatic heterocycles. The molecule has 1 unspecified atom stereocenters. The number of nitrogens with one attached hydrogen (secondary N) is 1. The van der Waals surface area contributed by atoms with E-state index in [1.54, 1.807) is 19.3 Å². The highest BCUT2D eigenvalue weighted by Crippen LogP contribution is 2.25. The molecular weight excluding hydrogens is 296 g/mol. The topological polar surface area (TPSA) is 110 Å². The Labute approximate surface area is 125 Å². The number of amides is 1. The molecule has 1 aromatic heterocycles. The molecule has 21 heavy (non-hydrogen) atoms. The smallest absolute Gasteiger partial charge is 0.330 e. The minimum absolute atomic E-state index is 0.123. The minimum atomic E-state index is -1.10. The second-order valence-corrected chi connectivity index (χ2v) is 4.85. The van der Waals surface area contributed by atoms with Gasteiger partial charge in [-0.3, -0.25) is 9.48 Å². The van der Waals surface area contributed by atoms with E-state index in [0.717, 1.165) is 0 Å². The molecule has 0 saturated carbocycles. The van der Waals surface area contributed by atoms with Gasteiger partial charge in [-0.15, -0.1) is 0 Å². The average molecular weight is 309 g/mol. The molecule has 0 saturated heterocycles. The maximum atomic E-state index is 11.4. The van der Waals surface area contributed by atoms with Gasteiger partial charge in [0.1, 0.15) is 0 Å². The van der Waals surface area contributed by atoms with Crippen LogP contribution in [-0.2, 0) is 11.8 Å². The van der Waals surface area contributed by atoms with Crippen molar-refractivity contribution >= 4 is 29.2 Å². The molecule has 2 rings (SSSR count). The van der Waals surface area contributed by atoms with Crippen LogP contribution in [0, 0.1) is 0 Å². The lowest BCUT2D eigenvalue weighted by atomic mass is 10.1. The lowest BCUT2D eigenvalue weighted by Crippen LogP contribution is -2.22. The highest BCUT2D eigenvalue weighted by molar-refractivity contribution is 6.31. The number of benzene rings is 1. The van der Waals surface area contributed by atoms with Gasteiger partial charge >= 0.3 is 5.97 Å². The molecule has 0 radical (unpaired) electrons. The van der Waals surface area contributed by atoms with Gasteiger partial charge in [-0.1, -0.05) is 11.6 Å². The predicted octanol–water partition coefficient (Wildman–Crippen LogP) is 1.41. The van der Waals surface area contributed by atoms with E-state index in [0.29, 0.717) is 16.3 Å². The Hall–Kier alpha value is -2.54. The zero-order valence-corrected chi connectivity index (χ0v) is 11.8. The lowest BCUT2D eigenvalue weighted by Gasteiger charge is -2.16. The summed E-state index contributed by atoms with van der Waals surface area (Å²) < 4.78 is 1.49. The number of nitrogens with two attached hydrogens (primary N) is 1. The van der Waals surface area contributed by atoms with E-state index in [1.807, 2.05) is 0 Å². The Morgan fingerprint density at radius 1 is 1.48 bits per heavy atom. The summed E-state index contributed by atoms with van der Waals surface area (Å²) in [5, 5.41) is 16.4. The Balaban J connectivity index is 2.38. The third-order valence-corrected chi connectivity index (χ3v) is 3.09. The van der Waals surface area contributed by atoms with Crippen molar-refractivity contribution in [2.75, 3.05) is 5.32 Å². The highest BCUT2D eigenvalue weighted by atomic mass is 35.5. The Kier molecular flexibility index (Phi) is 4.13. The maximum absolute atomic E-state index is 11.4. The van der Waals surface area contributed by atoms with Crippen molar-refractivity contribution in [3.05, 3.63) is 46.7 Å². The molecule has 2 aromatic rings. The van der Waals surface area contributed by atoms with Crippen molar-refractivity contribution < 1.29 is 14.7 Å². The summed E-state index contributed by atoms with van der Waals surface area (Å²) in [5.41, 5.74) is 6.15. The molecule has 0 spiro atoms. The number of carboxylic acids is 1. The van der Waals surface area contributed by atoms with Crippen LogP contribution >= 0.6 is 11.6 Å². The number of hydrogen-bond acceptors (Lipinski definition) is 4. The van der Waals surface area contributed by atoms with E-state index >= 15 is 0 Å². The SMILES string of the molecule is Cn1cc(C(Nc2ccc(Cl)cc2C(N)=O)C(=O)O)cn1. The van der Waals surface area contributed by atoms with E-state index in [4.69, 9.17) is 17.3 Å². The van der Waals surface area contributed by atoms with Crippen LogP contribution in [0.3, 0.4) is 0 Å². The van der Waals surface area contributed by atoms with Crippen LogP contribution in [0.4, 0.5) is 5.69 Å². The standard InChI is InChI=1S/C13H13ClN4O3/c1-18-6-7(5-16-18)11(13(20)21)17-10-3-2-8(14)4-9(10)12(15)19/h2-6,11,17H,1H3,(H2,15,19)(H,20,21). The molecular formula is C13H13ClN4O3. The van der Waals surface area contributed by atoms with Crippen molar-refractivity contribution in [1.29, 1.82) is 0 Å². The van der Waals surface area contributed by atoms with E-state index in [1.165, 1.54) is 23.0 Å². The first-order valence-electron chi connectivity index (χ1n) is 5.95. The third-order valence-electron chi connectivity index (χ3n) is 2.85. The van der Waals surface area contributed by atoms with Crippen LogP contribution < -0.4 is 11.1 Å². The van der Waals surface area contributed by atoms with Gasteiger partial charge in [0.05, 0.1) is 11.8 Å². The van der Waals surface area contributed by atoms with Crippen LogP contribution in [0.2, 0.25) is 5.02 Å². The first-order chi connectivity index (χ1) is 9.88. The van der Waals surface area contributed by atoms with Crippen LogP contribution in [-0.4, -0.2) is 26.8 Å². The number of aliphatic carboxylic acids is 1. The average Bonchev–Trinajstić information content (AvgIpc) is 2.83. The number of nitrogens with zero attached hydrogens (tertiary/aromatic N) is 2. The van der Waals surface area contributed by atoms with Crippen molar-refractivity contribution in [2.24, 2.45) is 12.8 Å². The molecule has 0 aliphatic carbocycles. The van der Waals surface area contributed by atoms with E-state index in [9.17, 15) is 14.7 Å². The summed E-state index contributed by atoms with van der Waals surface area (Å²) in [4.78, 5) is 22.8. The monoisotopic (exact) mass is 308 g/mol. The summed E-state index contributed by atoms with van der Waals surface area (Å²) in [6.07, 6.45) is 3.01. The minimum Gasteiger partial charge on any atom is -0.479 e. The summed E-state index contributed by atoms with van der Waals surface area (Å²) in [7, 11) is 1.68. The quantitative estimate of drug-likeness (QED) is 0.773. The Bertz CT molecular complexity index is 698. The molecule has 0 aliphatic rings. The molecule has 1 amide bonds. The van der Waals surface area contributed by atoms with Gasteiger partial charge in [0.15, 0.2) is 6.04 Å². The van der Waals surface area contributed by atoms with E-state index in [2.05, 4.69) is 10.4 Å². The molecule has 7 nitrogen and oxygen atoms in total. The molecule has 1 atom stereocenters. The first-order valence-corrected chi connectivity index (χ1v) is 6.33. The van der Waals surface area contributed by atoms with Crippen LogP contribution in [0.15, 0.2) is 30.6 Å². The molecule has 1 heterocycles. The normalized spacial score (nSPS) is 11.9. The fourth-order valence-corrected chi connectivity index (χ4v) is 2.05. The molecule has 110 valence electrons. The van der Waals surface area contributed by atoms with Gasteiger partial charge in [0.2, 0.25) is 0 Å². The Morgan fingerprint density at radius 2 is 2.19 bits per heavy atom. The van der Waals surface area contributed by atoms with Gasteiger partial charge in [0.25, 0.3) is 5.91 Å². The van der Waals surface area contributed by atoms with Crippen LogP contribution in [0.5, 0.6) is 0 Å². The van der Waals surface area contributed by atoms with E-state index < -0.39 is 17.9 Å². The number of halogens is 1.